The molecule has 0 spiro atoms. The van der Waals surface area contributed by atoms with Crippen LogP contribution in [0.2, 0.25) is 5.02 Å². The fourth-order valence-corrected chi connectivity index (χ4v) is 2.44. The summed E-state index contributed by atoms with van der Waals surface area (Å²) in [5, 5.41) is 1.42. The fraction of sp³-hybridized carbons (Fsp3) is 0.500. The van der Waals surface area contributed by atoms with Crippen LogP contribution in [0, 0.1) is 0 Å². The molecule has 2 atom stereocenters. The lowest BCUT2D eigenvalue weighted by Gasteiger charge is -2.12. The largest absolute Gasteiger partial charge is 0.324 e. The lowest BCUT2D eigenvalue weighted by Crippen LogP contribution is -2.04. The molecule has 0 radical (unpaired) electrons. The first-order valence-electron chi connectivity index (χ1n) is 5.26. The van der Waals surface area contributed by atoms with Crippen molar-refractivity contribution in [2.24, 2.45) is 5.73 Å². The molecule has 0 bridgehead atoms. The molecule has 0 aliphatic carbocycles. The quantitative estimate of drug-likeness (QED) is 0.801. The third-order valence-corrected chi connectivity index (χ3v) is 4.16. The molecule has 84 valence electrons. The Balaban J connectivity index is 2.83. The molecule has 1 aromatic carbocycles. The van der Waals surface area contributed by atoms with Gasteiger partial charge >= 0.3 is 0 Å². The molecular formula is C12H18ClNS. The van der Waals surface area contributed by atoms with Crippen LogP contribution in [0.3, 0.4) is 0 Å². The average molecular weight is 244 g/mol. The van der Waals surface area contributed by atoms with Gasteiger partial charge in [-0.3, -0.25) is 0 Å². The summed E-state index contributed by atoms with van der Waals surface area (Å²) in [6.45, 7) is 6.36. The first-order chi connectivity index (χ1) is 7.04. The first-order valence-corrected chi connectivity index (χ1v) is 6.52. The van der Waals surface area contributed by atoms with Crippen LogP contribution in [0.1, 0.15) is 38.8 Å². The molecule has 0 amide bonds. The Labute approximate surface area is 101 Å². The molecule has 3 heteroatoms. The van der Waals surface area contributed by atoms with Crippen LogP contribution in [0.25, 0.3) is 0 Å². The highest BCUT2D eigenvalue weighted by Crippen LogP contribution is 2.32. The average Bonchev–Trinajstić information content (AvgIpc) is 2.20. The van der Waals surface area contributed by atoms with Gasteiger partial charge in [0.25, 0.3) is 0 Å². The van der Waals surface area contributed by atoms with E-state index < -0.39 is 0 Å². The topological polar surface area (TPSA) is 26.0 Å². The van der Waals surface area contributed by atoms with Gasteiger partial charge in [0.2, 0.25) is 0 Å². The molecule has 2 N–H and O–H groups in total. The zero-order valence-corrected chi connectivity index (χ0v) is 11.0. The molecular weight excluding hydrogens is 226 g/mol. The predicted octanol–water partition coefficient (Wildman–Crippen LogP) is 4.25. The normalized spacial score (nSPS) is 15.0. The summed E-state index contributed by atoms with van der Waals surface area (Å²) in [5.74, 6) is 0. The van der Waals surface area contributed by atoms with Gasteiger partial charge < -0.3 is 5.73 Å². The second-order valence-electron chi connectivity index (χ2n) is 3.82. The lowest BCUT2D eigenvalue weighted by atomic mass is 10.1. The van der Waals surface area contributed by atoms with Gasteiger partial charge in [-0.2, -0.15) is 0 Å². The van der Waals surface area contributed by atoms with Gasteiger partial charge in [0, 0.05) is 16.2 Å². The minimum atomic E-state index is 0.0464. The summed E-state index contributed by atoms with van der Waals surface area (Å²) >= 11 is 8.02. The molecule has 0 aromatic heterocycles. The molecule has 1 unspecified atom stereocenters. The summed E-state index contributed by atoms with van der Waals surface area (Å²) in [7, 11) is 0. The van der Waals surface area contributed by atoms with E-state index in [4.69, 9.17) is 17.3 Å². The van der Waals surface area contributed by atoms with E-state index in [1.807, 2.05) is 24.8 Å². The van der Waals surface area contributed by atoms with Gasteiger partial charge in [0.15, 0.2) is 0 Å². The number of hydrogen-bond donors (Lipinski definition) is 1. The predicted molar refractivity (Wildman–Crippen MR) is 69.7 cm³/mol. The maximum Gasteiger partial charge on any atom is 0.0545 e. The van der Waals surface area contributed by atoms with Crippen LogP contribution in [-0.4, -0.2) is 5.25 Å². The smallest absolute Gasteiger partial charge is 0.0545 e. The lowest BCUT2D eigenvalue weighted by molar-refractivity contribution is 0.817. The van der Waals surface area contributed by atoms with Gasteiger partial charge in [-0.25, -0.2) is 0 Å². The minimum Gasteiger partial charge on any atom is -0.324 e. The number of benzene rings is 1. The van der Waals surface area contributed by atoms with Crippen molar-refractivity contribution in [2.45, 2.75) is 43.4 Å². The van der Waals surface area contributed by atoms with E-state index in [9.17, 15) is 0 Å². The summed E-state index contributed by atoms with van der Waals surface area (Å²) in [4.78, 5) is 1.15. The highest BCUT2D eigenvalue weighted by molar-refractivity contribution is 8.00. The SMILES string of the molecule is CCC(C)Sc1ccc([C@H](C)N)cc1Cl. The second kappa shape index (κ2) is 5.78. The van der Waals surface area contributed by atoms with Gasteiger partial charge in [-0.05, 0) is 31.0 Å². The Kier molecular flexibility index (Phi) is 4.97. The summed E-state index contributed by atoms with van der Waals surface area (Å²) < 4.78 is 0. The van der Waals surface area contributed by atoms with E-state index in [2.05, 4.69) is 26.0 Å². The Morgan fingerprint density at radius 3 is 2.53 bits per heavy atom. The zero-order valence-electron chi connectivity index (χ0n) is 9.46. The third kappa shape index (κ3) is 3.71. The molecule has 1 aromatic rings. The zero-order chi connectivity index (χ0) is 11.4. The van der Waals surface area contributed by atoms with Gasteiger partial charge in [0.05, 0.1) is 5.02 Å². The summed E-state index contributed by atoms with van der Waals surface area (Å²) in [6, 6.07) is 6.14. The van der Waals surface area contributed by atoms with Crippen molar-refractivity contribution in [1.82, 2.24) is 0 Å². The van der Waals surface area contributed by atoms with Crippen molar-refractivity contribution >= 4 is 23.4 Å². The van der Waals surface area contributed by atoms with Crippen LogP contribution in [0.4, 0.5) is 0 Å². The number of hydrogen-bond acceptors (Lipinski definition) is 2. The Morgan fingerprint density at radius 2 is 2.07 bits per heavy atom. The van der Waals surface area contributed by atoms with Crippen LogP contribution in [0.15, 0.2) is 23.1 Å². The minimum absolute atomic E-state index is 0.0464. The van der Waals surface area contributed by atoms with E-state index in [0.29, 0.717) is 5.25 Å². The van der Waals surface area contributed by atoms with E-state index in [-0.39, 0.29) is 6.04 Å². The maximum atomic E-state index is 6.20. The van der Waals surface area contributed by atoms with Crippen molar-refractivity contribution in [3.8, 4) is 0 Å². The summed E-state index contributed by atoms with van der Waals surface area (Å²) in [6.07, 6.45) is 1.15. The van der Waals surface area contributed by atoms with Crippen LogP contribution in [0.5, 0.6) is 0 Å². The molecule has 0 aliphatic rings. The molecule has 0 aliphatic heterocycles. The molecule has 0 saturated heterocycles. The standard InChI is InChI=1S/C12H18ClNS/c1-4-8(2)15-12-6-5-10(9(3)14)7-11(12)13/h5-9H,4,14H2,1-3H3/t8?,9-/m0/s1. The van der Waals surface area contributed by atoms with Crippen molar-refractivity contribution in [3.05, 3.63) is 28.8 Å². The molecule has 0 fully saturated rings. The second-order valence-corrected chi connectivity index (χ2v) is 5.70. The van der Waals surface area contributed by atoms with Gasteiger partial charge in [-0.15, -0.1) is 11.8 Å². The van der Waals surface area contributed by atoms with Crippen molar-refractivity contribution in [3.63, 3.8) is 0 Å². The Morgan fingerprint density at radius 1 is 1.40 bits per heavy atom. The number of thioether (sulfide) groups is 1. The highest BCUT2D eigenvalue weighted by atomic mass is 35.5. The fourth-order valence-electron chi connectivity index (χ4n) is 1.20. The molecule has 1 rings (SSSR count). The number of nitrogens with two attached hydrogens (primary N) is 1. The molecule has 0 heterocycles. The molecule has 1 nitrogen and oxygen atoms in total. The van der Waals surface area contributed by atoms with E-state index in [1.54, 1.807) is 0 Å². The first kappa shape index (κ1) is 12.9. The molecule has 0 saturated carbocycles. The third-order valence-electron chi connectivity index (χ3n) is 2.38. The highest BCUT2D eigenvalue weighted by Gasteiger charge is 2.08. The van der Waals surface area contributed by atoms with Crippen molar-refractivity contribution < 1.29 is 0 Å². The van der Waals surface area contributed by atoms with Crippen molar-refractivity contribution in [1.29, 1.82) is 0 Å². The molecule has 15 heavy (non-hydrogen) atoms. The maximum absolute atomic E-state index is 6.20. The van der Waals surface area contributed by atoms with Crippen molar-refractivity contribution in [2.75, 3.05) is 0 Å². The van der Waals surface area contributed by atoms with Gasteiger partial charge in [0.1, 0.15) is 0 Å². The van der Waals surface area contributed by atoms with E-state index in [0.717, 1.165) is 21.9 Å². The number of rotatable bonds is 4. The van der Waals surface area contributed by atoms with Crippen LogP contribution in [-0.2, 0) is 0 Å². The van der Waals surface area contributed by atoms with Gasteiger partial charge in [-0.1, -0.05) is 31.5 Å². The van der Waals surface area contributed by atoms with E-state index >= 15 is 0 Å². The van der Waals surface area contributed by atoms with Crippen LogP contribution >= 0.6 is 23.4 Å². The monoisotopic (exact) mass is 243 g/mol. The Hall–Kier alpha value is -0.180. The Bertz CT molecular complexity index is 325. The van der Waals surface area contributed by atoms with Crippen LogP contribution < -0.4 is 5.73 Å². The number of halogens is 1. The summed E-state index contributed by atoms with van der Waals surface area (Å²) in [5.41, 5.74) is 6.89. The van der Waals surface area contributed by atoms with E-state index in [1.165, 1.54) is 0 Å².